The summed E-state index contributed by atoms with van der Waals surface area (Å²) in [6, 6.07) is 11.9. The number of nitrogens with two attached hydrogens (primary N) is 1. The number of sulfonamides is 1. The van der Waals surface area contributed by atoms with E-state index in [0.717, 1.165) is 5.56 Å². The molecule has 1 aliphatic rings. The van der Waals surface area contributed by atoms with Gasteiger partial charge in [0.2, 0.25) is 10.0 Å². The molecule has 3 N–H and O–H groups in total. The second-order valence-corrected chi connectivity index (χ2v) is 7.99. The molecule has 0 saturated heterocycles. The Balaban J connectivity index is 0.00000280. The minimum absolute atomic E-state index is 0. The van der Waals surface area contributed by atoms with Gasteiger partial charge in [0.1, 0.15) is 5.75 Å². The molecule has 1 heterocycles. The Bertz CT molecular complexity index is 932. The Kier molecular flexibility index (Phi) is 7.29. The van der Waals surface area contributed by atoms with Gasteiger partial charge in [0.05, 0.1) is 11.5 Å². The monoisotopic (exact) mass is 426 g/mol. The van der Waals surface area contributed by atoms with Gasteiger partial charge in [0.25, 0.3) is 0 Å². The molecular formula is C19H23ClN2O5S. The zero-order valence-electron chi connectivity index (χ0n) is 15.4. The van der Waals surface area contributed by atoms with E-state index in [9.17, 15) is 13.2 Å². The summed E-state index contributed by atoms with van der Waals surface area (Å²) in [6.07, 6.45) is 0.123. The lowest BCUT2D eigenvalue weighted by Gasteiger charge is -2.09. The van der Waals surface area contributed by atoms with Gasteiger partial charge < -0.3 is 15.2 Å². The first-order valence-corrected chi connectivity index (χ1v) is 10.2. The highest BCUT2D eigenvalue weighted by Gasteiger charge is 2.31. The third kappa shape index (κ3) is 5.15. The summed E-state index contributed by atoms with van der Waals surface area (Å²) in [5.74, 6) is 0.0635. The van der Waals surface area contributed by atoms with E-state index < -0.39 is 22.1 Å². The first-order valence-electron chi connectivity index (χ1n) is 8.69. The maximum Gasteiger partial charge on any atom is 0.347 e. The third-order valence-electron chi connectivity index (χ3n) is 4.25. The molecule has 0 bridgehead atoms. The van der Waals surface area contributed by atoms with Crippen LogP contribution in [-0.2, 0) is 32.4 Å². The van der Waals surface area contributed by atoms with Gasteiger partial charge in [-0.25, -0.2) is 17.9 Å². The average molecular weight is 427 g/mol. The normalized spacial score (nSPS) is 15.2. The van der Waals surface area contributed by atoms with Crippen LogP contribution in [-0.4, -0.2) is 33.6 Å². The van der Waals surface area contributed by atoms with E-state index in [1.54, 1.807) is 31.2 Å². The zero-order chi connectivity index (χ0) is 19.4. The van der Waals surface area contributed by atoms with E-state index >= 15 is 0 Å². The van der Waals surface area contributed by atoms with Crippen LogP contribution in [0.2, 0.25) is 0 Å². The fourth-order valence-corrected chi connectivity index (χ4v) is 3.94. The molecule has 28 heavy (non-hydrogen) atoms. The van der Waals surface area contributed by atoms with E-state index in [0.29, 0.717) is 29.8 Å². The van der Waals surface area contributed by atoms with Gasteiger partial charge in [-0.1, -0.05) is 12.1 Å². The highest BCUT2D eigenvalue weighted by atomic mass is 35.5. The summed E-state index contributed by atoms with van der Waals surface area (Å²) in [7, 11) is -3.65. The van der Waals surface area contributed by atoms with Gasteiger partial charge in [-0.05, 0) is 54.8 Å². The van der Waals surface area contributed by atoms with Gasteiger partial charge >= 0.3 is 5.97 Å². The minimum atomic E-state index is -3.65. The second kappa shape index (κ2) is 9.27. The predicted octanol–water partition coefficient (Wildman–Crippen LogP) is 2.08. The third-order valence-corrected chi connectivity index (χ3v) is 5.71. The number of anilines is 1. The van der Waals surface area contributed by atoms with Crippen molar-refractivity contribution in [2.24, 2.45) is 0 Å². The summed E-state index contributed by atoms with van der Waals surface area (Å²) in [5, 5.41) is 0. The van der Waals surface area contributed by atoms with Crippen LogP contribution in [0.15, 0.2) is 47.4 Å². The van der Waals surface area contributed by atoms with Crippen LogP contribution < -0.4 is 15.2 Å². The molecule has 0 aromatic heterocycles. The SMILES string of the molecule is CCOC(=O)C1Cc2cc(S(=O)(=O)NCCc3ccc(N)cc3)ccc2O1.Cl. The van der Waals surface area contributed by atoms with E-state index in [1.807, 2.05) is 12.1 Å². The molecular weight excluding hydrogens is 404 g/mol. The number of hydrogen-bond acceptors (Lipinski definition) is 6. The van der Waals surface area contributed by atoms with Crippen LogP contribution in [0.1, 0.15) is 18.1 Å². The molecule has 0 amide bonds. The first kappa shape index (κ1) is 22.0. The number of hydrogen-bond donors (Lipinski definition) is 2. The van der Waals surface area contributed by atoms with Crippen molar-refractivity contribution in [1.82, 2.24) is 4.72 Å². The molecule has 0 fully saturated rings. The molecule has 0 aliphatic carbocycles. The summed E-state index contributed by atoms with van der Waals surface area (Å²) in [5.41, 5.74) is 7.97. The van der Waals surface area contributed by atoms with Crippen LogP contribution in [0.25, 0.3) is 0 Å². The van der Waals surface area contributed by atoms with Crippen LogP contribution in [0.3, 0.4) is 0 Å². The van der Waals surface area contributed by atoms with E-state index in [1.165, 1.54) is 6.07 Å². The van der Waals surface area contributed by atoms with Crippen molar-refractivity contribution >= 4 is 34.1 Å². The summed E-state index contributed by atoms with van der Waals surface area (Å²) in [4.78, 5) is 12.0. The Morgan fingerprint density at radius 2 is 1.96 bits per heavy atom. The number of esters is 1. The molecule has 1 atom stereocenters. The fraction of sp³-hybridized carbons (Fsp3) is 0.316. The molecule has 152 valence electrons. The van der Waals surface area contributed by atoms with Crippen molar-refractivity contribution in [2.45, 2.75) is 30.8 Å². The van der Waals surface area contributed by atoms with Crippen molar-refractivity contribution in [3.8, 4) is 5.75 Å². The maximum atomic E-state index is 12.5. The van der Waals surface area contributed by atoms with E-state index in [4.69, 9.17) is 15.2 Å². The van der Waals surface area contributed by atoms with E-state index in [-0.39, 0.29) is 30.5 Å². The standard InChI is InChI=1S/C19H22N2O5S.ClH/c1-2-25-19(22)18-12-14-11-16(7-8-17(14)26-18)27(23,24)21-10-9-13-3-5-15(20)6-4-13;/h3-8,11,18,21H,2,9-10,12,20H2,1H3;1H. The Morgan fingerprint density at radius 3 is 2.64 bits per heavy atom. The lowest BCUT2D eigenvalue weighted by atomic mass is 10.1. The smallest absolute Gasteiger partial charge is 0.347 e. The molecule has 7 nitrogen and oxygen atoms in total. The molecule has 1 aliphatic heterocycles. The zero-order valence-corrected chi connectivity index (χ0v) is 17.0. The largest absolute Gasteiger partial charge is 0.478 e. The highest BCUT2D eigenvalue weighted by Crippen LogP contribution is 2.31. The second-order valence-electron chi connectivity index (χ2n) is 6.22. The summed E-state index contributed by atoms with van der Waals surface area (Å²) >= 11 is 0. The Labute approximate surface area is 170 Å². The molecule has 0 saturated carbocycles. The van der Waals surface area contributed by atoms with Crippen LogP contribution in [0.5, 0.6) is 5.75 Å². The summed E-state index contributed by atoms with van der Waals surface area (Å²) < 4.78 is 38.1. The Morgan fingerprint density at radius 1 is 1.25 bits per heavy atom. The van der Waals surface area contributed by atoms with Crippen molar-refractivity contribution < 1.29 is 22.7 Å². The number of nitrogen functional groups attached to an aromatic ring is 1. The highest BCUT2D eigenvalue weighted by molar-refractivity contribution is 7.89. The number of halogens is 1. The molecule has 2 aromatic carbocycles. The predicted molar refractivity (Wildman–Crippen MR) is 108 cm³/mol. The summed E-state index contributed by atoms with van der Waals surface area (Å²) in [6.45, 7) is 2.26. The number of rotatable bonds is 7. The fourth-order valence-electron chi connectivity index (χ4n) is 2.86. The van der Waals surface area contributed by atoms with Crippen molar-refractivity contribution in [1.29, 1.82) is 0 Å². The number of carbonyl (C=O) groups is 1. The molecule has 9 heteroatoms. The quantitative estimate of drug-likeness (QED) is 0.518. The van der Waals surface area contributed by atoms with Crippen LogP contribution in [0, 0.1) is 0 Å². The van der Waals surface area contributed by atoms with Gasteiger partial charge in [-0.3, -0.25) is 0 Å². The van der Waals surface area contributed by atoms with E-state index in [2.05, 4.69) is 4.72 Å². The minimum Gasteiger partial charge on any atom is -0.478 e. The van der Waals surface area contributed by atoms with Crippen molar-refractivity contribution in [3.05, 3.63) is 53.6 Å². The topological polar surface area (TPSA) is 108 Å². The van der Waals surface area contributed by atoms with Crippen molar-refractivity contribution in [3.63, 3.8) is 0 Å². The number of fused-ring (bicyclic) bond motifs is 1. The van der Waals surface area contributed by atoms with Gasteiger partial charge in [0, 0.05) is 18.7 Å². The lowest BCUT2D eigenvalue weighted by molar-refractivity contribution is -0.150. The number of nitrogens with one attached hydrogen (secondary N) is 1. The molecule has 1 unspecified atom stereocenters. The lowest BCUT2D eigenvalue weighted by Crippen LogP contribution is -2.27. The first-order chi connectivity index (χ1) is 12.9. The van der Waals surface area contributed by atoms with Gasteiger partial charge in [0.15, 0.2) is 6.10 Å². The Hall–Kier alpha value is -2.29. The molecule has 2 aromatic rings. The molecule has 3 rings (SSSR count). The van der Waals surface area contributed by atoms with Crippen LogP contribution >= 0.6 is 12.4 Å². The number of carbonyl (C=O) groups excluding carboxylic acids is 1. The molecule has 0 radical (unpaired) electrons. The van der Waals surface area contributed by atoms with Crippen LogP contribution in [0.4, 0.5) is 5.69 Å². The van der Waals surface area contributed by atoms with Gasteiger partial charge in [-0.2, -0.15) is 0 Å². The molecule has 0 spiro atoms. The number of ether oxygens (including phenoxy) is 2. The van der Waals surface area contributed by atoms with Crippen molar-refractivity contribution in [2.75, 3.05) is 18.9 Å². The number of benzene rings is 2. The maximum absolute atomic E-state index is 12.5. The van der Waals surface area contributed by atoms with Gasteiger partial charge in [-0.15, -0.1) is 12.4 Å². The average Bonchev–Trinajstić information content (AvgIpc) is 3.07.